The minimum atomic E-state index is -4.39. The third-order valence-corrected chi connectivity index (χ3v) is 4.08. The molecule has 0 aliphatic carbocycles. The van der Waals surface area contributed by atoms with Crippen molar-refractivity contribution in [2.75, 3.05) is 5.32 Å². The lowest BCUT2D eigenvalue weighted by atomic mass is 10.1. The van der Waals surface area contributed by atoms with Gasteiger partial charge in [0.1, 0.15) is 4.90 Å². The molecule has 0 spiro atoms. The third kappa shape index (κ3) is 3.93. The summed E-state index contributed by atoms with van der Waals surface area (Å²) < 4.78 is 31.8. The maximum Gasteiger partial charge on any atom is 0.296 e. The van der Waals surface area contributed by atoms with Gasteiger partial charge in [-0.15, -0.1) is 0 Å². The molecule has 0 aliphatic rings. The Morgan fingerprint density at radius 3 is 2.32 bits per heavy atom. The second-order valence-electron chi connectivity index (χ2n) is 4.87. The summed E-state index contributed by atoms with van der Waals surface area (Å²) in [6.45, 7) is 2.08. The number of hydrogen-bond donors (Lipinski definition) is 2. The number of amides is 1. The molecule has 0 saturated heterocycles. The molecule has 0 fully saturated rings. The molecule has 0 bridgehead atoms. The lowest BCUT2D eigenvalue weighted by molar-refractivity contribution is 0.102. The number of carbonyl (C=O) groups is 1. The average Bonchev–Trinajstić information content (AvgIpc) is 2.48. The van der Waals surface area contributed by atoms with E-state index in [0.29, 0.717) is 5.56 Å². The highest BCUT2D eigenvalue weighted by atomic mass is 32.2. The molecule has 0 unspecified atom stereocenters. The van der Waals surface area contributed by atoms with Crippen LogP contribution in [0.3, 0.4) is 0 Å². The van der Waals surface area contributed by atoms with Crippen LogP contribution in [0.1, 0.15) is 29.3 Å². The number of aryl methyl sites for hydroxylation is 1. The molecule has 116 valence electrons. The Balaban J connectivity index is 2.22. The zero-order valence-corrected chi connectivity index (χ0v) is 12.9. The highest BCUT2D eigenvalue weighted by Crippen LogP contribution is 2.21. The highest BCUT2D eigenvalue weighted by Gasteiger charge is 2.16. The molecule has 2 N–H and O–H groups in total. The lowest BCUT2D eigenvalue weighted by Gasteiger charge is -2.09. The fourth-order valence-electron chi connectivity index (χ4n) is 2.10. The standard InChI is InChI=1S/C16H17NO4S/c1-2-5-12-8-10-13(11-9-12)16(18)17-14-6-3-4-7-15(14)22(19,20)21/h3-4,6-11H,2,5H2,1H3,(H,17,18)(H,19,20,21). The molecular formula is C16H17NO4S. The molecular weight excluding hydrogens is 302 g/mol. The third-order valence-electron chi connectivity index (χ3n) is 3.17. The monoisotopic (exact) mass is 319 g/mol. The van der Waals surface area contributed by atoms with Crippen molar-refractivity contribution in [2.24, 2.45) is 0 Å². The van der Waals surface area contributed by atoms with Gasteiger partial charge in [0.15, 0.2) is 0 Å². The summed E-state index contributed by atoms with van der Waals surface area (Å²) in [7, 11) is -4.39. The van der Waals surface area contributed by atoms with E-state index < -0.39 is 16.0 Å². The van der Waals surface area contributed by atoms with Crippen molar-refractivity contribution in [3.63, 3.8) is 0 Å². The SMILES string of the molecule is CCCc1ccc(C(=O)Nc2ccccc2S(=O)(=O)O)cc1. The highest BCUT2D eigenvalue weighted by molar-refractivity contribution is 7.86. The number of nitrogens with one attached hydrogen (secondary N) is 1. The Kier molecular flexibility index (Phi) is 4.95. The maximum absolute atomic E-state index is 12.2. The molecule has 22 heavy (non-hydrogen) atoms. The van der Waals surface area contributed by atoms with E-state index in [1.54, 1.807) is 18.2 Å². The number of carbonyl (C=O) groups excluding carboxylic acids is 1. The topological polar surface area (TPSA) is 83.5 Å². The van der Waals surface area contributed by atoms with Gasteiger partial charge in [-0.05, 0) is 36.2 Å². The van der Waals surface area contributed by atoms with Crippen LogP contribution in [0.15, 0.2) is 53.4 Å². The summed E-state index contributed by atoms with van der Waals surface area (Å²) >= 11 is 0. The lowest BCUT2D eigenvalue weighted by Crippen LogP contribution is -2.14. The fraction of sp³-hybridized carbons (Fsp3) is 0.188. The molecule has 0 saturated carbocycles. The Bertz CT molecular complexity index is 767. The van der Waals surface area contributed by atoms with Gasteiger partial charge in [-0.3, -0.25) is 9.35 Å². The minimum absolute atomic E-state index is 0.0487. The number of benzene rings is 2. The molecule has 2 rings (SSSR count). The molecule has 0 atom stereocenters. The first kappa shape index (κ1) is 16.2. The van der Waals surface area contributed by atoms with Crippen molar-refractivity contribution in [3.05, 3.63) is 59.7 Å². The number of para-hydroxylation sites is 1. The molecule has 2 aromatic carbocycles. The molecule has 6 heteroatoms. The van der Waals surface area contributed by atoms with Gasteiger partial charge in [-0.1, -0.05) is 37.6 Å². The minimum Gasteiger partial charge on any atom is -0.321 e. The van der Waals surface area contributed by atoms with E-state index in [2.05, 4.69) is 12.2 Å². The zero-order valence-electron chi connectivity index (χ0n) is 12.1. The van der Waals surface area contributed by atoms with Gasteiger partial charge in [0.05, 0.1) is 5.69 Å². The summed E-state index contributed by atoms with van der Waals surface area (Å²) in [4.78, 5) is 11.8. The Morgan fingerprint density at radius 2 is 1.73 bits per heavy atom. The summed E-state index contributed by atoms with van der Waals surface area (Å²) in [5, 5.41) is 2.51. The largest absolute Gasteiger partial charge is 0.321 e. The van der Waals surface area contributed by atoms with Gasteiger partial charge >= 0.3 is 0 Å². The first-order valence-electron chi connectivity index (χ1n) is 6.88. The molecule has 1 amide bonds. The Labute approximate surface area is 129 Å². The maximum atomic E-state index is 12.2. The Hall–Kier alpha value is -2.18. The van der Waals surface area contributed by atoms with Crippen LogP contribution in [0.2, 0.25) is 0 Å². The second kappa shape index (κ2) is 6.72. The smallest absolute Gasteiger partial charge is 0.296 e. The molecule has 0 aliphatic heterocycles. The summed E-state index contributed by atoms with van der Waals surface area (Å²) in [6, 6.07) is 12.8. The van der Waals surface area contributed by atoms with Crippen LogP contribution in [0, 0.1) is 0 Å². The fourth-order valence-corrected chi connectivity index (χ4v) is 2.75. The number of hydrogen-bond acceptors (Lipinski definition) is 3. The van der Waals surface area contributed by atoms with Crippen molar-refractivity contribution in [1.82, 2.24) is 0 Å². The van der Waals surface area contributed by atoms with Crippen LogP contribution in [0.4, 0.5) is 5.69 Å². The predicted octanol–water partition coefficient (Wildman–Crippen LogP) is 3.14. The van der Waals surface area contributed by atoms with E-state index in [-0.39, 0.29) is 10.6 Å². The van der Waals surface area contributed by atoms with Crippen molar-refractivity contribution in [2.45, 2.75) is 24.7 Å². The molecule has 2 aromatic rings. The number of anilines is 1. The van der Waals surface area contributed by atoms with Crippen LogP contribution < -0.4 is 5.32 Å². The van der Waals surface area contributed by atoms with Crippen molar-refractivity contribution < 1.29 is 17.8 Å². The van der Waals surface area contributed by atoms with E-state index in [1.807, 2.05) is 12.1 Å². The summed E-state index contributed by atoms with van der Waals surface area (Å²) in [5.74, 6) is -0.431. The van der Waals surface area contributed by atoms with Gasteiger partial charge in [0, 0.05) is 5.56 Å². The van der Waals surface area contributed by atoms with E-state index in [9.17, 15) is 13.2 Å². The van der Waals surface area contributed by atoms with Crippen molar-refractivity contribution >= 4 is 21.7 Å². The van der Waals surface area contributed by atoms with Gasteiger partial charge in [-0.25, -0.2) is 0 Å². The van der Waals surface area contributed by atoms with Crippen LogP contribution in [-0.4, -0.2) is 18.9 Å². The number of rotatable bonds is 5. The van der Waals surface area contributed by atoms with E-state index in [1.165, 1.54) is 18.2 Å². The van der Waals surface area contributed by atoms with Gasteiger partial charge in [0.2, 0.25) is 0 Å². The molecule has 0 heterocycles. The van der Waals surface area contributed by atoms with Crippen molar-refractivity contribution in [3.8, 4) is 0 Å². The zero-order chi connectivity index (χ0) is 16.2. The summed E-state index contributed by atoms with van der Waals surface area (Å²) in [6.07, 6.45) is 1.96. The first-order chi connectivity index (χ1) is 10.4. The first-order valence-corrected chi connectivity index (χ1v) is 8.32. The van der Waals surface area contributed by atoms with Crippen LogP contribution in [-0.2, 0) is 16.5 Å². The van der Waals surface area contributed by atoms with Crippen LogP contribution in [0.5, 0.6) is 0 Å². The normalized spacial score (nSPS) is 11.2. The van der Waals surface area contributed by atoms with Crippen LogP contribution >= 0.6 is 0 Å². The van der Waals surface area contributed by atoms with Gasteiger partial charge < -0.3 is 5.32 Å². The quantitative estimate of drug-likeness (QED) is 0.829. The van der Waals surface area contributed by atoms with Crippen molar-refractivity contribution in [1.29, 1.82) is 0 Å². The van der Waals surface area contributed by atoms with Gasteiger partial charge in [-0.2, -0.15) is 8.42 Å². The van der Waals surface area contributed by atoms with Crippen LogP contribution in [0.25, 0.3) is 0 Å². The van der Waals surface area contributed by atoms with E-state index in [0.717, 1.165) is 18.4 Å². The van der Waals surface area contributed by atoms with E-state index >= 15 is 0 Å². The molecule has 0 aromatic heterocycles. The average molecular weight is 319 g/mol. The molecule has 5 nitrogen and oxygen atoms in total. The second-order valence-corrected chi connectivity index (χ2v) is 6.26. The Morgan fingerprint density at radius 1 is 1.09 bits per heavy atom. The summed E-state index contributed by atoms with van der Waals surface area (Å²) in [5.41, 5.74) is 1.61. The van der Waals surface area contributed by atoms with E-state index in [4.69, 9.17) is 4.55 Å². The predicted molar refractivity (Wildman–Crippen MR) is 84.6 cm³/mol. The molecule has 0 radical (unpaired) electrons. The van der Waals surface area contributed by atoms with Gasteiger partial charge in [0.25, 0.3) is 16.0 Å².